The predicted molar refractivity (Wildman–Crippen MR) is 105 cm³/mol. The van der Waals surface area contributed by atoms with E-state index >= 15 is 0 Å². The van der Waals surface area contributed by atoms with Crippen LogP contribution in [0.15, 0.2) is 35.5 Å². The smallest absolute Gasteiger partial charge is 0.417 e. The van der Waals surface area contributed by atoms with Crippen molar-refractivity contribution in [2.75, 3.05) is 11.9 Å². The van der Waals surface area contributed by atoms with E-state index in [0.717, 1.165) is 12.8 Å². The van der Waals surface area contributed by atoms with Gasteiger partial charge in [0, 0.05) is 22.9 Å². The molecule has 2 aliphatic rings. The third kappa shape index (κ3) is 3.69. The van der Waals surface area contributed by atoms with Crippen LogP contribution in [-0.4, -0.2) is 23.5 Å². The van der Waals surface area contributed by atoms with Crippen molar-refractivity contribution >= 4 is 29.2 Å². The first-order chi connectivity index (χ1) is 14.4. The minimum Gasteiger partial charge on any atom is -0.465 e. The van der Waals surface area contributed by atoms with Crippen molar-refractivity contribution in [1.29, 1.82) is 0 Å². The number of aromatic nitrogens is 1. The van der Waals surface area contributed by atoms with E-state index in [-0.39, 0.29) is 17.3 Å². The van der Waals surface area contributed by atoms with Gasteiger partial charge in [-0.2, -0.15) is 13.2 Å². The first kappa shape index (κ1) is 21.4. The molecule has 31 heavy (non-hydrogen) atoms. The molecule has 1 unspecified atom stereocenters. The maximum atomic E-state index is 14.8. The van der Waals surface area contributed by atoms with Gasteiger partial charge in [-0.05, 0) is 44.0 Å². The van der Waals surface area contributed by atoms with E-state index in [1.54, 1.807) is 6.92 Å². The fourth-order valence-electron chi connectivity index (χ4n) is 3.78. The van der Waals surface area contributed by atoms with Gasteiger partial charge in [0.1, 0.15) is 17.1 Å². The van der Waals surface area contributed by atoms with Crippen molar-refractivity contribution in [3.8, 4) is 0 Å². The maximum Gasteiger partial charge on any atom is 0.417 e. The number of alkyl halides is 3. The molecule has 1 aromatic carbocycles. The Labute approximate surface area is 179 Å². The van der Waals surface area contributed by atoms with Crippen LogP contribution < -0.4 is 11.1 Å². The van der Waals surface area contributed by atoms with Crippen LogP contribution in [0.25, 0.3) is 0 Å². The summed E-state index contributed by atoms with van der Waals surface area (Å²) in [6.07, 6.45) is -2.56. The molecule has 1 spiro atoms. The fraction of sp³-hybridized carbons (Fsp3) is 0.350. The molecule has 6 nitrogen and oxygen atoms in total. The molecule has 1 saturated carbocycles. The maximum absolute atomic E-state index is 14.8. The first-order valence-corrected chi connectivity index (χ1v) is 9.65. The van der Waals surface area contributed by atoms with Crippen molar-refractivity contribution in [3.63, 3.8) is 0 Å². The SMILES string of the molecule is CC1(c2cc(NC(=O)c3ncc(C(F)(F)F)cc3Cl)ccc2F)N=C(N)OCC12CC2. The van der Waals surface area contributed by atoms with Gasteiger partial charge >= 0.3 is 6.18 Å². The normalized spacial score (nSPS) is 21.9. The molecule has 1 amide bonds. The standard InChI is InChI=1S/C20H17ClF4N4O2/c1-18(19(4-5-19)9-31-17(26)29-18)12-7-11(2-3-14(12)22)28-16(30)15-13(21)6-10(8-27-15)20(23,24)25/h2-3,6-8H,4-5,9H2,1H3,(H2,26,29)(H,28,30). The molecule has 1 fully saturated rings. The zero-order chi connectivity index (χ0) is 22.6. The molecule has 1 aliphatic heterocycles. The summed E-state index contributed by atoms with van der Waals surface area (Å²) >= 11 is 5.83. The second-order valence-corrected chi connectivity index (χ2v) is 8.20. The highest BCUT2D eigenvalue weighted by Gasteiger charge is 2.61. The third-order valence-corrected chi connectivity index (χ3v) is 6.14. The number of aliphatic imine (C=N–C) groups is 1. The molecule has 164 valence electrons. The number of carbonyl (C=O) groups is 1. The predicted octanol–water partition coefficient (Wildman–Crippen LogP) is 4.49. The summed E-state index contributed by atoms with van der Waals surface area (Å²) in [5.41, 5.74) is 3.31. The van der Waals surface area contributed by atoms with E-state index in [2.05, 4.69) is 15.3 Å². The number of benzene rings is 1. The summed E-state index contributed by atoms with van der Waals surface area (Å²) in [7, 11) is 0. The van der Waals surface area contributed by atoms with Crippen molar-refractivity contribution in [2.24, 2.45) is 16.1 Å². The number of hydrogen-bond donors (Lipinski definition) is 2. The lowest BCUT2D eigenvalue weighted by molar-refractivity contribution is -0.137. The molecule has 1 aliphatic carbocycles. The summed E-state index contributed by atoms with van der Waals surface area (Å²) in [5, 5.41) is 2.04. The molecule has 2 aromatic rings. The summed E-state index contributed by atoms with van der Waals surface area (Å²) < 4.78 is 58.4. The number of amides is 1. The van der Waals surface area contributed by atoms with Gasteiger partial charge in [-0.25, -0.2) is 14.4 Å². The average molecular weight is 457 g/mol. The second-order valence-electron chi connectivity index (χ2n) is 7.79. The van der Waals surface area contributed by atoms with Crippen LogP contribution in [-0.2, 0) is 16.5 Å². The molecular formula is C20H17ClF4N4O2. The largest absolute Gasteiger partial charge is 0.465 e. The van der Waals surface area contributed by atoms with Gasteiger partial charge in [-0.15, -0.1) is 0 Å². The molecule has 2 heterocycles. The Morgan fingerprint density at radius 2 is 2.00 bits per heavy atom. The zero-order valence-electron chi connectivity index (χ0n) is 16.2. The van der Waals surface area contributed by atoms with Crippen LogP contribution in [0.3, 0.4) is 0 Å². The minimum atomic E-state index is -4.64. The van der Waals surface area contributed by atoms with Crippen LogP contribution in [0.5, 0.6) is 0 Å². The number of ether oxygens (including phenoxy) is 1. The van der Waals surface area contributed by atoms with Crippen LogP contribution in [0, 0.1) is 11.2 Å². The highest BCUT2D eigenvalue weighted by Crippen LogP contribution is 2.62. The van der Waals surface area contributed by atoms with Crippen LogP contribution in [0.4, 0.5) is 23.2 Å². The number of pyridine rings is 1. The first-order valence-electron chi connectivity index (χ1n) is 9.27. The second kappa shape index (κ2) is 7.08. The van der Waals surface area contributed by atoms with Crippen molar-refractivity contribution in [3.05, 3.63) is 58.1 Å². The zero-order valence-corrected chi connectivity index (χ0v) is 16.9. The topological polar surface area (TPSA) is 89.6 Å². The van der Waals surface area contributed by atoms with Gasteiger partial charge < -0.3 is 15.8 Å². The summed E-state index contributed by atoms with van der Waals surface area (Å²) in [5.74, 6) is -1.37. The lowest BCUT2D eigenvalue weighted by Gasteiger charge is -2.38. The Kier molecular flexibility index (Phi) is 4.88. The Morgan fingerprint density at radius 3 is 2.61 bits per heavy atom. The van der Waals surface area contributed by atoms with E-state index in [0.29, 0.717) is 18.9 Å². The van der Waals surface area contributed by atoms with Crippen molar-refractivity contribution in [2.45, 2.75) is 31.5 Å². The highest BCUT2D eigenvalue weighted by atomic mass is 35.5. The average Bonchev–Trinajstić information content (AvgIpc) is 3.47. The lowest BCUT2D eigenvalue weighted by atomic mass is 9.76. The molecule has 0 radical (unpaired) electrons. The molecule has 3 N–H and O–H groups in total. The van der Waals surface area contributed by atoms with Crippen LogP contribution in [0.1, 0.15) is 41.4 Å². The van der Waals surface area contributed by atoms with E-state index in [1.807, 2.05) is 0 Å². The number of hydrogen-bond acceptors (Lipinski definition) is 5. The van der Waals surface area contributed by atoms with Crippen LogP contribution >= 0.6 is 11.6 Å². The monoisotopic (exact) mass is 456 g/mol. The Hall–Kier alpha value is -2.88. The summed E-state index contributed by atoms with van der Waals surface area (Å²) in [4.78, 5) is 20.4. The van der Waals surface area contributed by atoms with Gasteiger partial charge in [0.2, 0.25) is 0 Å². The Bertz CT molecular complexity index is 1100. The van der Waals surface area contributed by atoms with Gasteiger partial charge in [0.05, 0.1) is 17.2 Å². The Morgan fingerprint density at radius 1 is 1.29 bits per heavy atom. The number of anilines is 1. The summed E-state index contributed by atoms with van der Waals surface area (Å²) in [6, 6.07) is 4.50. The highest BCUT2D eigenvalue weighted by molar-refractivity contribution is 6.34. The van der Waals surface area contributed by atoms with Gasteiger partial charge in [-0.3, -0.25) is 4.79 Å². The molecule has 0 bridgehead atoms. The van der Waals surface area contributed by atoms with Crippen LogP contribution in [0.2, 0.25) is 5.02 Å². The van der Waals surface area contributed by atoms with Crippen molar-refractivity contribution < 1.29 is 27.1 Å². The van der Waals surface area contributed by atoms with Gasteiger partial charge in [0.15, 0.2) is 0 Å². The molecule has 0 saturated heterocycles. The van der Waals surface area contributed by atoms with Gasteiger partial charge in [0.25, 0.3) is 11.9 Å². The minimum absolute atomic E-state index is 0.0467. The number of carbonyl (C=O) groups excluding carboxylic acids is 1. The number of nitrogens with two attached hydrogens (primary N) is 1. The van der Waals surface area contributed by atoms with Crippen molar-refractivity contribution in [1.82, 2.24) is 4.98 Å². The number of amidine groups is 1. The van der Waals surface area contributed by atoms with E-state index in [4.69, 9.17) is 22.1 Å². The van der Waals surface area contributed by atoms with E-state index in [9.17, 15) is 22.4 Å². The molecule has 11 heteroatoms. The quantitative estimate of drug-likeness (QED) is 0.666. The lowest BCUT2D eigenvalue weighted by Crippen LogP contribution is -2.43. The third-order valence-electron chi connectivity index (χ3n) is 5.85. The molecule has 1 atom stereocenters. The molecule has 1 aromatic heterocycles. The van der Waals surface area contributed by atoms with E-state index in [1.165, 1.54) is 18.2 Å². The number of rotatable bonds is 3. The fourth-order valence-corrected chi connectivity index (χ4v) is 4.03. The number of halogens is 5. The number of nitrogens with zero attached hydrogens (tertiary/aromatic N) is 2. The van der Waals surface area contributed by atoms with Gasteiger partial charge in [-0.1, -0.05) is 11.6 Å². The number of nitrogens with one attached hydrogen (secondary N) is 1. The van der Waals surface area contributed by atoms with E-state index < -0.39 is 45.1 Å². The Balaban J connectivity index is 1.64. The summed E-state index contributed by atoms with van der Waals surface area (Å²) in [6.45, 7) is 2.06. The molecule has 4 rings (SSSR count). The molecular weight excluding hydrogens is 440 g/mol.